The summed E-state index contributed by atoms with van der Waals surface area (Å²) < 4.78 is 46.9. The molecule has 2 aliphatic heterocycles. The summed E-state index contributed by atoms with van der Waals surface area (Å²) >= 11 is 0. The number of aromatic nitrogens is 4. The van der Waals surface area contributed by atoms with Gasteiger partial charge >= 0.3 is 6.18 Å². The van der Waals surface area contributed by atoms with Crippen molar-refractivity contribution in [2.24, 2.45) is 5.92 Å². The number of aryl methyl sites for hydroxylation is 1. The van der Waals surface area contributed by atoms with Crippen molar-refractivity contribution in [1.29, 1.82) is 0 Å². The number of piperidine rings is 1. The third-order valence-corrected chi connectivity index (χ3v) is 7.24. The fourth-order valence-corrected chi connectivity index (χ4v) is 5.28. The summed E-state index contributed by atoms with van der Waals surface area (Å²) in [6.45, 7) is 4.76. The number of hydrogen-bond donors (Lipinski definition) is 0. The van der Waals surface area contributed by atoms with Crippen molar-refractivity contribution in [2.45, 2.75) is 38.4 Å². The molecular weight excluding hydrogens is 473 g/mol. The van der Waals surface area contributed by atoms with Crippen LogP contribution in [-0.2, 0) is 11.0 Å². The van der Waals surface area contributed by atoms with Gasteiger partial charge in [-0.2, -0.15) is 18.3 Å². The number of nitrogens with zero attached hydrogens (tertiary/aromatic N) is 6. The minimum atomic E-state index is -4.47. The van der Waals surface area contributed by atoms with Crippen molar-refractivity contribution < 1.29 is 22.7 Å². The van der Waals surface area contributed by atoms with E-state index in [1.807, 2.05) is 22.8 Å². The second-order valence-electron chi connectivity index (χ2n) is 9.75. The quantitative estimate of drug-likeness (QED) is 0.538. The van der Waals surface area contributed by atoms with Crippen LogP contribution in [0.2, 0.25) is 0 Å². The smallest absolute Gasteiger partial charge is 0.416 e. The number of methoxy groups -OCH3 is 1. The van der Waals surface area contributed by atoms with Gasteiger partial charge in [0, 0.05) is 25.2 Å². The predicted octanol–water partition coefficient (Wildman–Crippen LogP) is 3.94. The highest BCUT2D eigenvalue weighted by Crippen LogP contribution is 2.39. The van der Waals surface area contributed by atoms with Crippen LogP contribution in [0.3, 0.4) is 0 Å². The third kappa shape index (κ3) is 4.63. The lowest BCUT2D eigenvalue weighted by atomic mass is 10.0. The second kappa shape index (κ2) is 9.34. The second-order valence-corrected chi connectivity index (χ2v) is 9.75. The lowest BCUT2D eigenvalue weighted by Crippen LogP contribution is -2.42. The van der Waals surface area contributed by atoms with Gasteiger partial charge in [-0.1, -0.05) is 0 Å². The van der Waals surface area contributed by atoms with E-state index in [1.165, 1.54) is 13.3 Å². The van der Waals surface area contributed by atoms with Gasteiger partial charge in [-0.05, 0) is 57.5 Å². The Morgan fingerprint density at radius 1 is 1.14 bits per heavy atom. The van der Waals surface area contributed by atoms with Crippen molar-refractivity contribution in [1.82, 2.24) is 29.5 Å². The zero-order valence-corrected chi connectivity index (χ0v) is 20.5. The fourth-order valence-electron chi connectivity index (χ4n) is 5.28. The highest BCUT2D eigenvalue weighted by Gasteiger charge is 2.34. The summed E-state index contributed by atoms with van der Waals surface area (Å²) in [5.41, 5.74) is 1.50. The minimum Gasteiger partial charge on any atom is -0.496 e. The number of likely N-dealkylation sites (tertiary alicyclic amines) is 2. The van der Waals surface area contributed by atoms with Crippen molar-refractivity contribution in [3.63, 3.8) is 0 Å². The number of halogens is 3. The van der Waals surface area contributed by atoms with E-state index in [4.69, 9.17) is 4.74 Å². The van der Waals surface area contributed by atoms with Crippen LogP contribution in [0.15, 0.2) is 24.5 Å². The van der Waals surface area contributed by atoms with Crippen molar-refractivity contribution in [2.75, 3.05) is 40.3 Å². The molecule has 8 nitrogen and oxygen atoms in total. The van der Waals surface area contributed by atoms with Crippen LogP contribution in [-0.4, -0.2) is 75.8 Å². The maximum Gasteiger partial charge on any atom is 0.416 e. The van der Waals surface area contributed by atoms with Crippen LogP contribution in [0.4, 0.5) is 13.2 Å². The van der Waals surface area contributed by atoms with Gasteiger partial charge in [0.2, 0.25) is 5.91 Å². The molecule has 1 unspecified atom stereocenters. The molecule has 2 aromatic heterocycles. The van der Waals surface area contributed by atoms with Crippen molar-refractivity contribution in [3.8, 4) is 17.0 Å². The molecule has 0 N–H and O–H groups in total. The molecule has 1 aromatic carbocycles. The molecule has 0 radical (unpaired) electrons. The van der Waals surface area contributed by atoms with Crippen molar-refractivity contribution in [3.05, 3.63) is 35.7 Å². The first-order valence-electron chi connectivity index (χ1n) is 12.1. The summed E-state index contributed by atoms with van der Waals surface area (Å²) in [5.74, 6) is 0.425. The Labute approximate surface area is 207 Å². The maximum atomic E-state index is 13.2. The molecule has 11 heteroatoms. The van der Waals surface area contributed by atoms with Gasteiger partial charge < -0.3 is 14.5 Å². The van der Waals surface area contributed by atoms with Gasteiger partial charge in [0.05, 0.1) is 42.7 Å². The monoisotopic (exact) mass is 502 g/mol. The number of carbonyl (C=O) groups is 1. The Kier molecular flexibility index (Phi) is 6.36. The molecule has 1 amide bonds. The number of amides is 1. The van der Waals surface area contributed by atoms with Crippen LogP contribution in [0.25, 0.3) is 22.4 Å². The molecule has 0 spiro atoms. The average molecular weight is 503 g/mol. The molecule has 2 fully saturated rings. The molecule has 192 valence electrons. The van der Waals surface area contributed by atoms with E-state index >= 15 is 0 Å². The predicted molar refractivity (Wildman–Crippen MR) is 128 cm³/mol. The summed E-state index contributed by atoms with van der Waals surface area (Å²) in [6, 6.07) is 2.19. The van der Waals surface area contributed by atoms with Gasteiger partial charge in [0.25, 0.3) is 0 Å². The number of benzene rings is 1. The Morgan fingerprint density at radius 2 is 1.89 bits per heavy atom. The lowest BCUT2D eigenvalue weighted by Gasteiger charge is -2.33. The first kappa shape index (κ1) is 24.5. The molecule has 2 aliphatic rings. The van der Waals surface area contributed by atoms with E-state index in [0.717, 1.165) is 44.5 Å². The summed E-state index contributed by atoms with van der Waals surface area (Å²) in [4.78, 5) is 26.1. The van der Waals surface area contributed by atoms with Gasteiger partial charge in [-0.25, -0.2) is 9.97 Å². The van der Waals surface area contributed by atoms with E-state index in [9.17, 15) is 18.0 Å². The molecule has 4 heterocycles. The normalized spacial score (nSPS) is 19.8. The first-order chi connectivity index (χ1) is 17.1. The standard InChI is InChI=1S/C25H29F3N6O2/c1-15-10-17(25(26,27)28)11-21(36-3)22(15)19-12-29-20-14-34(31-23(20)30-19)18-5-8-33(9-6-18)24(35)16-4-7-32(2)13-16/h10-12,14,16,18H,4-9,13H2,1-3H3. The SMILES string of the molecule is COc1cc(C(F)(F)F)cc(C)c1-c1cnc2cn(C3CCN(C(=O)C4CCN(C)C4)CC3)nc2n1. The molecule has 0 saturated carbocycles. The molecule has 3 aromatic rings. The van der Waals surface area contributed by atoms with E-state index < -0.39 is 11.7 Å². The van der Waals surface area contributed by atoms with E-state index in [-0.39, 0.29) is 23.6 Å². The van der Waals surface area contributed by atoms with Gasteiger partial charge in [0.15, 0.2) is 5.65 Å². The third-order valence-electron chi connectivity index (χ3n) is 7.24. The number of carbonyl (C=O) groups excluding carboxylic acids is 1. The number of ether oxygens (including phenoxy) is 1. The zero-order chi connectivity index (χ0) is 25.6. The Balaban J connectivity index is 1.34. The van der Waals surface area contributed by atoms with Crippen molar-refractivity contribution >= 4 is 17.1 Å². The van der Waals surface area contributed by atoms with Crippen LogP contribution in [0, 0.1) is 12.8 Å². The molecule has 1 atom stereocenters. The fraction of sp³-hybridized carbons (Fsp3) is 0.520. The number of hydrogen-bond acceptors (Lipinski definition) is 6. The van der Waals surface area contributed by atoms with Crippen LogP contribution in [0.1, 0.15) is 36.4 Å². The van der Waals surface area contributed by atoms with Gasteiger partial charge in [-0.3, -0.25) is 9.48 Å². The van der Waals surface area contributed by atoms with Crippen LogP contribution in [0.5, 0.6) is 5.75 Å². The first-order valence-corrected chi connectivity index (χ1v) is 12.1. The van der Waals surface area contributed by atoms with Crippen LogP contribution < -0.4 is 4.74 Å². The topological polar surface area (TPSA) is 76.4 Å². The minimum absolute atomic E-state index is 0.0842. The van der Waals surface area contributed by atoms with E-state index in [1.54, 1.807) is 6.92 Å². The molecule has 5 rings (SSSR count). The highest BCUT2D eigenvalue weighted by molar-refractivity contribution is 5.79. The number of rotatable bonds is 4. The summed E-state index contributed by atoms with van der Waals surface area (Å²) in [5, 5.41) is 4.63. The molecule has 2 saturated heterocycles. The lowest BCUT2D eigenvalue weighted by molar-refractivity contribution is -0.138. The maximum absolute atomic E-state index is 13.2. The van der Waals surface area contributed by atoms with E-state index in [0.29, 0.717) is 41.1 Å². The average Bonchev–Trinajstić information content (AvgIpc) is 3.48. The highest BCUT2D eigenvalue weighted by atomic mass is 19.4. The Morgan fingerprint density at radius 3 is 2.53 bits per heavy atom. The largest absolute Gasteiger partial charge is 0.496 e. The van der Waals surface area contributed by atoms with Crippen LogP contribution >= 0.6 is 0 Å². The molecule has 0 aliphatic carbocycles. The summed E-state index contributed by atoms with van der Waals surface area (Å²) in [6.07, 6.45) is 1.41. The van der Waals surface area contributed by atoms with E-state index in [2.05, 4.69) is 20.0 Å². The molecule has 36 heavy (non-hydrogen) atoms. The van der Waals surface area contributed by atoms with Gasteiger partial charge in [0.1, 0.15) is 11.3 Å². The number of fused-ring (bicyclic) bond motifs is 1. The Hall–Kier alpha value is -3.21. The molecular formula is C25H29F3N6O2. The number of alkyl halides is 3. The summed E-state index contributed by atoms with van der Waals surface area (Å²) in [7, 11) is 3.38. The molecule has 0 bridgehead atoms. The Bertz CT molecular complexity index is 1280. The van der Waals surface area contributed by atoms with Gasteiger partial charge in [-0.15, -0.1) is 0 Å². The zero-order valence-electron chi connectivity index (χ0n) is 20.5.